The number of nitrogens with zero attached hydrogens (tertiary/aromatic N) is 3. The number of rotatable bonds is 8. The number of carbonyl (C=O) groups is 1. The van der Waals surface area contributed by atoms with Gasteiger partial charge in [-0.05, 0) is 51.3 Å². The van der Waals surface area contributed by atoms with Crippen LogP contribution in [0, 0.1) is 6.92 Å². The largest absolute Gasteiger partial charge is 0.328 e. The molecule has 1 aromatic heterocycles. The summed E-state index contributed by atoms with van der Waals surface area (Å²) in [5, 5.41) is 3.22. The summed E-state index contributed by atoms with van der Waals surface area (Å²) in [4.78, 5) is 20.9. The Morgan fingerprint density at radius 3 is 2.22 bits per heavy atom. The molecule has 0 aliphatic carbocycles. The summed E-state index contributed by atoms with van der Waals surface area (Å²) < 4.78 is 26.9. The van der Waals surface area contributed by atoms with Crippen LogP contribution in [0.4, 0.5) is 15.6 Å². The third-order valence-corrected chi connectivity index (χ3v) is 7.95. The maximum atomic E-state index is 13.1. The summed E-state index contributed by atoms with van der Waals surface area (Å²) in [7, 11) is 1.51. The van der Waals surface area contributed by atoms with Gasteiger partial charge in [0, 0.05) is 18.8 Å². The number of urea groups is 1. The highest BCUT2D eigenvalue weighted by atomic mass is 32.2. The predicted molar refractivity (Wildman–Crippen MR) is 130 cm³/mol. The number of thiazole rings is 1. The molecule has 0 aliphatic heterocycles. The predicted octanol–water partition coefficient (Wildman–Crippen LogP) is 3.63. The zero-order chi connectivity index (χ0) is 23.3. The number of anilines is 2. The Balaban J connectivity index is 1.83. The lowest BCUT2D eigenvalue weighted by molar-refractivity contribution is 0.256. The van der Waals surface area contributed by atoms with Crippen LogP contribution in [0.15, 0.2) is 58.8 Å². The van der Waals surface area contributed by atoms with E-state index in [4.69, 9.17) is 0 Å². The van der Waals surface area contributed by atoms with Crippen molar-refractivity contribution in [2.75, 3.05) is 44.4 Å². The first-order valence-corrected chi connectivity index (χ1v) is 12.3. The van der Waals surface area contributed by atoms with E-state index in [1.165, 1.54) is 11.9 Å². The highest BCUT2D eigenvalue weighted by molar-refractivity contribution is 7.91. The normalized spacial score (nSPS) is 11.5. The van der Waals surface area contributed by atoms with Crippen LogP contribution >= 0.6 is 11.3 Å². The first-order chi connectivity index (χ1) is 15.2. The Kier molecular flexibility index (Phi) is 7.62. The summed E-state index contributed by atoms with van der Waals surface area (Å²) in [6, 6.07) is 17.2. The second-order valence-corrected chi connectivity index (χ2v) is 10.5. The van der Waals surface area contributed by atoms with Crippen molar-refractivity contribution in [1.29, 1.82) is 0 Å². The van der Waals surface area contributed by atoms with Crippen LogP contribution in [-0.2, 0) is 10.0 Å². The number of aryl methyl sites for hydroxylation is 1. The van der Waals surface area contributed by atoms with Gasteiger partial charge in [-0.25, -0.2) is 22.9 Å². The van der Waals surface area contributed by atoms with Gasteiger partial charge in [0.15, 0.2) is 9.34 Å². The minimum absolute atomic E-state index is 0.102. The van der Waals surface area contributed by atoms with Gasteiger partial charge in [-0.1, -0.05) is 53.8 Å². The van der Waals surface area contributed by atoms with Crippen LogP contribution < -0.4 is 14.9 Å². The molecule has 8 nitrogen and oxygen atoms in total. The molecule has 0 radical (unpaired) electrons. The minimum atomic E-state index is -3.65. The van der Waals surface area contributed by atoms with Gasteiger partial charge in [-0.15, -0.1) is 0 Å². The molecule has 1 heterocycles. The number of nitrogens with one attached hydrogen (secondary N) is 2. The molecule has 2 N–H and O–H groups in total. The van der Waals surface area contributed by atoms with Crippen LogP contribution in [-0.4, -0.2) is 58.6 Å². The van der Waals surface area contributed by atoms with Crippen molar-refractivity contribution in [3.8, 4) is 11.1 Å². The van der Waals surface area contributed by atoms with Crippen molar-refractivity contribution in [2.45, 2.75) is 11.1 Å². The van der Waals surface area contributed by atoms with Gasteiger partial charge in [-0.3, -0.25) is 4.90 Å². The smallest absolute Gasteiger partial charge is 0.308 e. The summed E-state index contributed by atoms with van der Waals surface area (Å²) in [5.41, 5.74) is 3.13. The Labute approximate surface area is 193 Å². The van der Waals surface area contributed by atoms with E-state index >= 15 is 0 Å². The van der Waals surface area contributed by atoms with Gasteiger partial charge in [0.1, 0.15) is 0 Å². The van der Waals surface area contributed by atoms with Gasteiger partial charge >= 0.3 is 6.03 Å². The van der Waals surface area contributed by atoms with Crippen LogP contribution in [0.2, 0.25) is 0 Å². The number of hydrogen-bond acceptors (Lipinski definition) is 6. The molecule has 170 valence electrons. The second kappa shape index (κ2) is 10.2. The van der Waals surface area contributed by atoms with Crippen LogP contribution in [0.25, 0.3) is 11.1 Å². The summed E-state index contributed by atoms with van der Waals surface area (Å²) in [6.07, 6.45) is 0. The van der Waals surface area contributed by atoms with Crippen molar-refractivity contribution in [3.63, 3.8) is 0 Å². The van der Waals surface area contributed by atoms with Gasteiger partial charge in [0.05, 0.1) is 5.69 Å². The molecule has 3 aromatic rings. The quantitative estimate of drug-likeness (QED) is 0.521. The molecule has 32 heavy (non-hydrogen) atoms. The minimum Gasteiger partial charge on any atom is -0.308 e. The Bertz CT molecular complexity index is 1160. The lowest BCUT2D eigenvalue weighted by Crippen LogP contribution is -2.39. The maximum Gasteiger partial charge on any atom is 0.328 e. The SMILES string of the molecule is CNS(=O)(=O)c1sc(N(CCN(C)C)C(=O)Nc2ccc(-c3ccccc3)cc2)nc1C. The fraction of sp³-hybridized carbons (Fsp3) is 0.273. The third-order valence-electron chi connectivity index (χ3n) is 4.75. The molecule has 3 rings (SSSR count). The van der Waals surface area contributed by atoms with Gasteiger partial charge in [0.25, 0.3) is 10.0 Å². The third kappa shape index (κ3) is 5.71. The van der Waals surface area contributed by atoms with E-state index < -0.39 is 10.0 Å². The summed E-state index contributed by atoms with van der Waals surface area (Å²) in [6.45, 7) is 2.56. The van der Waals surface area contributed by atoms with E-state index in [1.54, 1.807) is 6.92 Å². The number of amides is 2. The van der Waals surface area contributed by atoms with Gasteiger partial charge in [-0.2, -0.15) is 0 Å². The van der Waals surface area contributed by atoms with Crippen molar-refractivity contribution >= 4 is 38.2 Å². The average molecular weight is 474 g/mol. The summed E-state index contributed by atoms with van der Waals surface area (Å²) >= 11 is 0.974. The number of likely N-dealkylation sites (N-methyl/N-ethyl adjacent to an activating group) is 1. The first kappa shape index (κ1) is 23.9. The highest BCUT2D eigenvalue weighted by Crippen LogP contribution is 2.30. The molecule has 2 aromatic carbocycles. The number of benzene rings is 2. The monoisotopic (exact) mass is 473 g/mol. The average Bonchev–Trinajstić information content (AvgIpc) is 3.17. The lowest BCUT2D eigenvalue weighted by Gasteiger charge is -2.22. The molecule has 0 atom stereocenters. The zero-order valence-corrected chi connectivity index (χ0v) is 20.1. The van der Waals surface area contributed by atoms with E-state index in [9.17, 15) is 13.2 Å². The number of aromatic nitrogens is 1. The Hall–Kier alpha value is -2.79. The fourth-order valence-electron chi connectivity index (χ4n) is 2.98. The second-order valence-electron chi connectivity index (χ2n) is 7.41. The number of hydrogen-bond donors (Lipinski definition) is 2. The van der Waals surface area contributed by atoms with Crippen LogP contribution in [0.5, 0.6) is 0 Å². The molecular weight excluding hydrogens is 446 g/mol. The zero-order valence-electron chi connectivity index (χ0n) is 18.5. The molecular formula is C22H27N5O3S2. The van der Waals surface area contributed by atoms with E-state index in [-0.39, 0.29) is 10.2 Å². The first-order valence-electron chi connectivity index (χ1n) is 10.0. The van der Waals surface area contributed by atoms with E-state index in [0.717, 1.165) is 22.5 Å². The molecule has 2 amide bonds. The molecule has 0 saturated carbocycles. The molecule has 10 heteroatoms. The summed E-state index contributed by atoms with van der Waals surface area (Å²) in [5.74, 6) is 0. The van der Waals surface area contributed by atoms with E-state index in [1.807, 2.05) is 73.6 Å². The highest BCUT2D eigenvalue weighted by Gasteiger charge is 2.26. The fourth-order valence-corrected chi connectivity index (χ4v) is 5.34. The molecule has 0 fully saturated rings. The molecule has 0 unspecified atom stereocenters. The molecule has 0 bridgehead atoms. The van der Waals surface area contributed by atoms with Crippen molar-refractivity contribution in [1.82, 2.24) is 14.6 Å². The van der Waals surface area contributed by atoms with Crippen LogP contribution in [0.1, 0.15) is 5.69 Å². The van der Waals surface area contributed by atoms with Gasteiger partial charge < -0.3 is 10.2 Å². The lowest BCUT2D eigenvalue weighted by atomic mass is 10.1. The maximum absolute atomic E-state index is 13.1. The molecule has 0 spiro atoms. The Morgan fingerprint density at radius 2 is 1.62 bits per heavy atom. The topological polar surface area (TPSA) is 94.6 Å². The van der Waals surface area contributed by atoms with Crippen molar-refractivity contribution in [2.24, 2.45) is 0 Å². The van der Waals surface area contributed by atoms with Crippen molar-refractivity contribution < 1.29 is 13.2 Å². The molecule has 0 aliphatic rings. The number of carbonyl (C=O) groups excluding carboxylic acids is 1. The van der Waals surface area contributed by atoms with E-state index in [0.29, 0.717) is 29.6 Å². The van der Waals surface area contributed by atoms with Gasteiger partial charge in [0.2, 0.25) is 0 Å². The Morgan fingerprint density at radius 1 is 1.00 bits per heavy atom. The van der Waals surface area contributed by atoms with E-state index in [2.05, 4.69) is 15.0 Å². The van der Waals surface area contributed by atoms with Crippen molar-refractivity contribution in [3.05, 3.63) is 60.3 Å². The standard InChI is InChI=1S/C22H27N5O3S2/c1-16-20(32(29,30)23-2)31-22(24-16)27(15-14-26(3)4)21(28)25-19-12-10-18(11-13-19)17-8-6-5-7-9-17/h5-13,23H,14-15H2,1-4H3,(H,25,28). The van der Waals surface area contributed by atoms with Crippen LogP contribution in [0.3, 0.4) is 0 Å². The molecule has 0 saturated heterocycles. The number of sulfonamides is 1.